The molecule has 1 heterocycles. The molecule has 96 valence electrons. The van der Waals surface area contributed by atoms with Crippen molar-refractivity contribution in [1.29, 1.82) is 0 Å². The lowest BCUT2D eigenvalue weighted by Crippen LogP contribution is -2.39. The lowest BCUT2D eigenvalue weighted by atomic mass is 9.89. The average Bonchev–Trinajstić information content (AvgIpc) is 2.51. The van der Waals surface area contributed by atoms with Gasteiger partial charge >= 0.3 is 5.97 Å². The number of hydrogen-bond donors (Lipinski definition) is 2. The zero-order chi connectivity index (χ0) is 13.1. The first-order chi connectivity index (χ1) is 8.56. The maximum absolute atomic E-state index is 11.5. The second-order valence-corrected chi connectivity index (χ2v) is 4.84. The molecule has 0 aromatic heterocycles. The molecule has 1 amide bonds. The molecule has 1 aliphatic rings. The molecule has 1 fully saturated rings. The van der Waals surface area contributed by atoms with Crippen molar-refractivity contribution < 1.29 is 14.7 Å². The van der Waals surface area contributed by atoms with Gasteiger partial charge in [0.2, 0.25) is 5.91 Å². The van der Waals surface area contributed by atoms with Crippen LogP contribution in [0.2, 0.25) is 0 Å². The molecule has 2 atom stereocenters. The van der Waals surface area contributed by atoms with Gasteiger partial charge in [0, 0.05) is 6.42 Å². The molecule has 0 spiro atoms. The molecule has 2 N–H and O–H groups in total. The number of aryl methyl sites for hydroxylation is 1. The van der Waals surface area contributed by atoms with Crippen molar-refractivity contribution in [3.05, 3.63) is 35.4 Å². The zero-order valence-corrected chi connectivity index (χ0v) is 10.3. The second kappa shape index (κ2) is 5.21. The van der Waals surface area contributed by atoms with Gasteiger partial charge in [-0.1, -0.05) is 29.8 Å². The fraction of sp³-hybridized carbons (Fsp3) is 0.429. The highest BCUT2D eigenvalue weighted by Crippen LogP contribution is 2.29. The third-order valence-electron chi connectivity index (χ3n) is 3.39. The van der Waals surface area contributed by atoms with E-state index in [9.17, 15) is 9.59 Å². The Kier molecular flexibility index (Phi) is 3.65. The Balaban J connectivity index is 2.22. The van der Waals surface area contributed by atoms with Crippen LogP contribution >= 0.6 is 0 Å². The third-order valence-corrected chi connectivity index (χ3v) is 3.39. The van der Waals surface area contributed by atoms with Crippen LogP contribution in [0, 0.1) is 6.92 Å². The van der Waals surface area contributed by atoms with Gasteiger partial charge in [0.1, 0.15) is 6.04 Å². The van der Waals surface area contributed by atoms with E-state index in [4.69, 9.17) is 5.11 Å². The first-order valence-corrected chi connectivity index (χ1v) is 6.15. The predicted octanol–water partition coefficient (Wildman–Crippen LogP) is 1.83. The summed E-state index contributed by atoms with van der Waals surface area (Å²) in [6.45, 7) is 2.01. The molecule has 2 rings (SSSR count). The number of rotatable bonds is 2. The van der Waals surface area contributed by atoms with Crippen LogP contribution in [0.1, 0.15) is 36.3 Å². The van der Waals surface area contributed by atoms with E-state index in [1.54, 1.807) is 0 Å². The number of hydrogen-bond acceptors (Lipinski definition) is 2. The molecule has 4 nitrogen and oxygen atoms in total. The summed E-state index contributed by atoms with van der Waals surface area (Å²) < 4.78 is 0. The van der Waals surface area contributed by atoms with Gasteiger partial charge in [-0.3, -0.25) is 4.79 Å². The minimum absolute atomic E-state index is 0.130. The Labute approximate surface area is 106 Å². The van der Waals surface area contributed by atoms with E-state index in [-0.39, 0.29) is 11.8 Å². The van der Waals surface area contributed by atoms with Crippen molar-refractivity contribution in [1.82, 2.24) is 5.32 Å². The summed E-state index contributed by atoms with van der Waals surface area (Å²) in [5.74, 6) is -0.995. The topological polar surface area (TPSA) is 66.4 Å². The Morgan fingerprint density at radius 1 is 1.44 bits per heavy atom. The maximum Gasteiger partial charge on any atom is 0.326 e. The Morgan fingerprint density at radius 2 is 2.22 bits per heavy atom. The zero-order valence-electron chi connectivity index (χ0n) is 10.3. The van der Waals surface area contributed by atoms with Gasteiger partial charge in [0.05, 0.1) is 0 Å². The summed E-state index contributed by atoms with van der Waals surface area (Å²) >= 11 is 0. The lowest BCUT2D eigenvalue weighted by Gasteiger charge is -2.17. The Morgan fingerprint density at radius 3 is 2.89 bits per heavy atom. The van der Waals surface area contributed by atoms with Gasteiger partial charge in [-0.05, 0) is 31.2 Å². The van der Waals surface area contributed by atoms with E-state index in [1.165, 1.54) is 0 Å². The molecule has 0 bridgehead atoms. The number of benzene rings is 1. The van der Waals surface area contributed by atoms with Crippen LogP contribution in [0.3, 0.4) is 0 Å². The molecular formula is C14H17NO3. The molecule has 2 unspecified atom stereocenters. The molecule has 0 saturated carbocycles. The number of carbonyl (C=O) groups is 2. The van der Waals surface area contributed by atoms with Crippen LogP contribution in [0.15, 0.2) is 24.3 Å². The lowest BCUT2D eigenvalue weighted by molar-refractivity contribution is -0.141. The molecule has 1 aliphatic heterocycles. The largest absolute Gasteiger partial charge is 0.480 e. The van der Waals surface area contributed by atoms with Crippen LogP contribution in [0.4, 0.5) is 0 Å². The van der Waals surface area contributed by atoms with Gasteiger partial charge in [-0.2, -0.15) is 0 Å². The van der Waals surface area contributed by atoms with E-state index < -0.39 is 12.0 Å². The van der Waals surface area contributed by atoms with Crippen LogP contribution in [-0.4, -0.2) is 23.0 Å². The number of amides is 1. The summed E-state index contributed by atoms with van der Waals surface area (Å²) in [7, 11) is 0. The molecule has 0 radical (unpaired) electrons. The van der Waals surface area contributed by atoms with Crippen molar-refractivity contribution in [2.45, 2.75) is 38.1 Å². The van der Waals surface area contributed by atoms with E-state index in [0.29, 0.717) is 19.3 Å². The number of carboxylic acid groups (broad SMARTS) is 1. The van der Waals surface area contributed by atoms with Crippen molar-refractivity contribution in [2.75, 3.05) is 0 Å². The number of nitrogens with one attached hydrogen (secondary N) is 1. The fourth-order valence-electron chi connectivity index (χ4n) is 2.42. The monoisotopic (exact) mass is 247 g/mol. The normalized spacial score (nSPS) is 24.2. The smallest absolute Gasteiger partial charge is 0.326 e. The van der Waals surface area contributed by atoms with Gasteiger partial charge in [-0.25, -0.2) is 4.79 Å². The molecule has 1 aromatic carbocycles. The Hall–Kier alpha value is -1.84. The number of carboxylic acids is 1. The first-order valence-electron chi connectivity index (χ1n) is 6.15. The van der Waals surface area contributed by atoms with E-state index in [1.807, 2.05) is 25.1 Å². The summed E-state index contributed by atoms with van der Waals surface area (Å²) in [4.78, 5) is 22.5. The molecule has 4 heteroatoms. The van der Waals surface area contributed by atoms with Crippen molar-refractivity contribution >= 4 is 11.9 Å². The molecule has 18 heavy (non-hydrogen) atoms. The first kappa shape index (κ1) is 12.6. The number of carbonyl (C=O) groups excluding carboxylic acids is 1. The van der Waals surface area contributed by atoms with Crippen LogP contribution in [0.25, 0.3) is 0 Å². The molecular weight excluding hydrogens is 230 g/mol. The second-order valence-electron chi connectivity index (χ2n) is 4.84. The highest BCUT2D eigenvalue weighted by molar-refractivity contribution is 5.84. The summed E-state index contributed by atoms with van der Waals surface area (Å²) in [6, 6.07) is 7.29. The number of aliphatic carboxylic acids is 1. The van der Waals surface area contributed by atoms with Gasteiger partial charge < -0.3 is 10.4 Å². The van der Waals surface area contributed by atoms with Crippen molar-refractivity contribution in [3.8, 4) is 0 Å². The summed E-state index contributed by atoms with van der Waals surface area (Å²) in [5, 5.41) is 11.6. The van der Waals surface area contributed by atoms with Gasteiger partial charge in [0.15, 0.2) is 0 Å². The van der Waals surface area contributed by atoms with Crippen molar-refractivity contribution in [2.24, 2.45) is 0 Å². The van der Waals surface area contributed by atoms with Crippen LogP contribution in [0.5, 0.6) is 0 Å². The van der Waals surface area contributed by atoms with E-state index >= 15 is 0 Å². The minimum Gasteiger partial charge on any atom is -0.480 e. The summed E-state index contributed by atoms with van der Waals surface area (Å²) in [5.41, 5.74) is 2.28. The average molecular weight is 247 g/mol. The van der Waals surface area contributed by atoms with Gasteiger partial charge in [-0.15, -0.1) is 0 Å². The van der Waals surface area contributed by atoms with Crippen molar-refractivity contribution in [3.63, 3.8) is 0 Å². The summed E-state index contributed by atoms with van der Waals surface area (Å²) in [6.07, 6.45) is 1.56. The Bertz CT molecular complexity index is 470. The maximum atomic E-state index is 11.5. The highest BCUT2D eigenvalue weighted by atomic mass is 16.4. The SMILES string of the molecule is Cc1cccc(C2CCC(=O)NC(C(=O)O)C2)c1. The quantitative estimate of drug-likeness (QED) is 0.838. The highest BCUT2D eigenvalue weighted by Gasteiger charge is 2.28. The van der Waals surface area contributed by atoms with E-state index in [2.05, 4.69) is 11.4 Å². The molecule has 0 aliphatic carbocycles. The minimum atomic E-state index is -0.956. The standard InChI is InChI=1S/C14H17NO3/c1-9-3-2-4-10(7-9)11-5-6-13(16)15-12(8-11)14(17)18/h2-4,7,11-12H,5-6,8H2,1H3,(H,15,16)(H,17,18). The third kappa shape index (κ3) is 2.88. The molecule has 1 aromatic rings. The fourth-order valence-corrected chi connectivity index (χ4v) is 2.42. The molecule has 1 saturated heterocycles. The van der Waals surface area contributed by atoms with Crippen LogP contribution < -0.4 is 5.32 Å². The van der Waals surface area contributed by atoms with Gasteiger partial charge in [0.25, 0.3) is 0 Å². The van der Waals surface area contributed by atoms with Crippen LogP contribution in [-0.2, 0) is 9.59 Å². The predicted molar refractivity (Wildman–Crippen MR) is 67.3 cm³/mol. The van der Waals surface area contributed by atoms with E-state index in [0.717, 1.165) is 11.1 Å².